The lowest BCUT2D eigenvalue weighted by Gasteiger charge is -2.38. The molecule has 0 aliphatic carbocycles. The molecule has 7 nitrogen and oxygen atoms in total. The Hall–Kier alpha value is -4.00. The molecule has 188 valence electrons. The maximum Gasteiger partial charge on any atom is 0.338 e. The van der Waals surface area contributed by atoms with E-state index in [2.05, 4.69) is 0 Å². The number of methoxy groups -OCH3 is 1. The average Bonchev–Trinajstić information content (AvgIpc) is 2.89. The predicted octanol–water partition coefficient (Wildman–Crippen LogP) is 5.35. The van der Waals surface area contributed by atoms with Gasteiger partial charge in [-0.15, -0.1) is 0 Å². The Bertz CT molecular complexity index is 1220. The number of fused-ring (bicyclic) bond motifs is 1. The van der Waals surface area contributed by atoms with Crippen molar-refractivity contribution in [3.8, 4) is 17.2 Å². The lowest BCUT2D eigenvalue weighted by molar-refractivity contribution is -0.118. The van der Waals surface area contributed by atoms with Gasteiger partial charge in [-0.1, -0.05) is 12.1 Å². The Kier molecular flexibility index (Phi) is 7.78. The first-order valence-electron chi connectivity index (χ1n) is 12.2. The zero-order valence-electron chi connectivity index (χ0n) is 21.1. The number of carbonyl (C=O) groups is 2. The molecule has 3 aromatic rings. The van der Waals surface area contributed by atoms with Gasteiger partial charge in [0.15, 0.2) is 11.5 Å². The van der Waals surface area contributed by atoms with E-state index in [0.717, 1.165) is 22.4 Å². The lowest BCUT2D eigenvalue weighted by Crippen LogP contribution is -2.41. The molecule has 3 aromatic carbocycles. The molecule has 0 saturated carbocycles. The predicted molar refractivity (Wildman–Crippen MR) is 137 cm³/mol. The third kappa shape index (κ3) is 5.00. The number of benzene rings is 3. The van der Waals surface area contributed by atoms with Crippen molar-refractivity contribution in [3.05, 3.63) is 82.9 Å². The van der Waals surface area contributed by atoms with Crippen LogP contribution in [0.3, 0.4) is 0 Å². The number of carbonyl (C=O) groups excluding carboxylic acids is 2. The van der Waals surface area contributed by atoms with E-state index in [1.54, 1.807) is 43.2 Å². The van der Waals surface area contributed by atoms with Gasteiger partial charge in [0, 0.05) is 5.69 Å². The molecule has 0 N–H and O–H groups in total. The summed E-state index contributed by atoms with van der Waals surface area (Å²) in [6.45, 7) is 6.90. The second-order valence-corrected chi connectivity index (χ2v) is 8.25. The summed E-state index contributed by atoms with van der Waals surface area (Å²) in [6, 6.07) is 18.1. The maximum absolute atomic E-state index is 13.6. The van der Waals surface area contributed by atoms with Crippen molar-refractivity contribution in [1.29, 1.82) is 0 Å². The largest absolute Gasteiger partial charge is 0.497 e. The van der Waals surface area contributed by atoms with Crippen molar-refractivity contribution in [3.63, 3.8) is 0 Å². The van der Waals surface area contributed by atoms with Crippen LogP contribution in [0.4, 0.5) is 5.69 Å². The highest BCUT2D eigenvalue weighted by atomic mass is 16.5. The van der Waals surface area contributed by atoms with Gasteiger partial charge in [-0.25, -0.2) is 4.79 Å². The summed E-state index contributed by atoms with van der Waals surface area (Å²) in [4.78, 5) is 27.5. The Morgan fingerprint density at radius 2 is 1.53 bits per heavy atom. The summed E-state index contributed by atoms with van der Waals surface area (Å²) in [7, 11) is 1.62. The van der Waals surface area contributed by atoms with E-state index in [1.165, 1.54) is 0 Å². The van der Waals surface area contributed by atoms with Gasteiger partial charge in [0.1, 0.15) is 5.75 Å². The number of nitrogens with zero attached hydrogens (tertiary/aromatic N) is 1. The lowest BCUT2D eigenvalue weighted by atomic mass is 9.86. The van der Waals surface area contributed by atoms with Gasteiger partial charge < -0.3 is 23.8 Å². The van der Waals surface area contributed by atoms with Gasteiger partial charge in [0.2, 0.25) is 5.91 Å². The standard InChI is InChI=1S/C29H31NO6/c1-5-34-25-16-21-17-27(31)30(22-12-8-20(9-13-22)29(32)36-7-3)28(24(21)18-26(25)35-6-2)19-10-14-23(33-4)15-11-19/h8-16,18,28H,5-7,17H2,1-4H3/t28-/m0/s1. The number of hydrogen-bond donors (Lipinski definition) is 0. The van der Waals surface area contributed by atoms with Gasteiger partial charge in [0.25, 0.3) is 0 Å². The van der Waals surface area contributed by atoms with Crippen molar-refractivity contribution in [1.82, 2.24) is 0 Å². The van der Waals surface area contributed by atoms with Crippen LogP contribution >= 0.6 is 0 Å². The average molecular weight is 490 g/mol. The van der Waals surface area contributed by atoms with Gasteiger partial charge in [-0.3, -0.25) is 4.79 Å². The van der Waals surface area contributed by atoms with Crippen molar-refractivity contribution in [2.75, 3.05) is 31.8 Å². The molecule has 0 unspecified atom stereocenters. The topological polar surface area (TPSA) is 74.3 Å². The molecule has 1 atom stereocenters. The van der Waals surface area contributed by atoms with Gasteiger partial charge in [-0.05, 0) is 86.0 Å². The number of amides is 1. The number of esters is 1. The minimum Gasteiger partial charge on any atom is -0.497 e. The van der Waals surface area contributed by atoms with E-state index in [9.17, 15) is 9.59 Å². The van der Waals surface area contributed by atoms with E-state index >= 15 is 0 Å². The van der Waals surface area contributed by atoms with Gasteiger partial charge >= 0.3 is 5.97 Å². The van der Waals surface area contributed by atoms with Crippen LogP contribution in [0, 0.1) is 0 Å². The molecule has 0 fully saturated rings. The highest BCUT2D eigenvalue weighted by Gasteiger charge is 2.36. The third-order valence-electron chi connectivity index (χ3n) is 6.06. The number of hydrogen-bond acceptors (Lipinski definition) is 6. The van der Waals surface area contributed by atoms with Crippen LogP contribution in [0.1, 0.15) is 53.9 Å². The fraction of sp³-hybridized carbons (Fsp3) is 0.310. The SMILES string of the molecule is CCOC(=O)c1ccc(N2C(=O)Cc3cc(OCC)c(OCC)cc3[C@@H]2c2ccc(OC)cc2)cc1. The fourth-order valence-electron chi connectivity index (χ4n) is 4.47. The Balaban J connectivity index is 1.84. The van der Waals surface area contributed by atoms with E-state index in [4.69, 9.17) is 18.9 Å². The number of anilines is 1. The molecule has 1 heterocycles. The number of rotatable bonds is 9. The zero-order valence-corrected chi connectivity index (χ0v) is 21.1. The molecular formula is C29H31NO6. The molecule has 1 aliphatic rings. The summed E-state index contributed by atoms with van der Waals surface area (Å²) >= 11 is 0. The zero-order chi connectivity index (χ0) is 25.7. The molecule has 4 rings (SSSR count). The monoisotopic (exact) mass is 489 g/mol. The molecule has 0 bridgehead atoms. The maximum atomic E-state index is 13.6. The molecular weight excluding hydrogens is 458 g/mol. The molecule has 36 heavy (non-hydrogen) atoms. The van der Waals surface area contributed by atoms with Crippen LogP contribution in [0.15, 0.2) is 60.7 Å². The first kappa shape index (κ1) is 25.1. The molecule has 1 aliphatic heterocycles. The van der Waals surface area contributed by atoms with E-state index in [1.807, 2.05) is 50.2 Å². The van der Waals surface area contributed by atoms with Crippen LogP contribution in [0.5, 0.6) is 17.2 Å². The molecule has 7 heteroatoms. The normalized spacial score (nSPS) is 14.7. The first-order valence-corrected chi connectivity index (χ1v) is 12.2. The second kappa shape index (κ2) is 11.2. The van der Waals surface area contributed by atoms with Crippen LogP contribution in [-0.2, 0) is 16.0 Å². The summed E-state index contributed by atoms with van der Waals surface area (Å²) in [5.74, 6) is 1.55. The summed E-state index contributed by atoms with van der Waals surface area (Å²) in [6.07, 6.45) is 0.216. The number of ether oxygens (including phenoxy) is 4. The van der Waals surface area contributed by atoms with Gasteiger partial charge in [-0.2, -0.15) is 0 Å². The highest BCUT2D eigenvalue weighted by Crippen LogP contribution is 2.43. The van der Waals surface area contributed by atoms with E-state index in [0.29, 0.717) is 42.6 Å². The van der Waals surface area contributed by atoms with Gasteiger partial charge in [0.05, 0.1) is 45.0 Å². The highest BCUT2D eigenvalue weighted by molar-refractivity contribution is 5.99. The Morgan fingerprint density at radius 3 is 2.11 bits per heavy atom. The first-order chi connectivity index (χ1) is 17.5. The minimum absolute atomic E-state index is 0.0567. The van der Waals surface area contributed by atoms with Crippen molar-refractivity contribution >= 4 is 17.6 Å². The molecule has 1 amide bonds. The quantitative estimate of drug-likeness (QED) is 0.378. The minimum atomic E-state index is -0.407. The summed E-state index contributed by atoms with van der Waals surface area (Å²) in [5.41, 5.74) is 3.90. The molecule has 0 spiro atoms. The Morgan fingerprint density at radius 1 is 0.889 bits per heavy atom. The molecule has 0 radical (unpaired) electrons. The van der Waals surface area contributed by atoms with Crippen molar-refractivity contribution in [2.45, 2.75) is 33.2 Å². The van der Waals surface area contributed by atoms with Crippen LogP contribution < -0.4 is 19.1 Å². The van der Waals surface area contributed by atoms with Crippen molar-refractivity contribution < 1.29 is 28.5 Å². The fourth-order valence-corrected chi connectivity index (χ4v) is 4.47. The van der Waals surface area contributed by atoms with E-state index in [-0.39, 0.29) is 12.3 Å². The second-order valence-electron chi connectivity index (χ2n) is 8.25. The van der Waals surface area contributed by atoms with Crippen LogP contribution in [0.25, 0.3) is 0 Å². The molecule has 0 saturated heterocycles. The van der Waals surface area contributed by atoms with Crippen molar-refractivity contribution in [2.24, 2.45) is 0 Å². The summed E-state index contributed by atoms with van der Waals surface area (Å²) in [5, 5.41) is 0. The molecule has 0 aromatic heterocycles. The summed E-state index contributed by atoms with van der Waals surface area (Å²) < 4.78 is 22.2. The van der Waals surface area contributed by atoms with Crippen LogP contribution in [-0.4, -0.2) is 38.8 Å². The van der Waals surface area contributed by atoms with Crippen LogP contribution in [0.2, 0.25) is 0 Å². The third-order valence-corrected chi connectivity index (χ3v) is 6.06. The van der Waals surface area contributed by atoms with E-state index < -0.39 is 12.0 Å². The smallest absolute Gasteiger partial charge is 0.338 e. The Labute approximate surface area is 211 Å².